The van der Waals surface area contributed by atoms with E-state index in [1.165, 1.54) is 0 Å². The fraction of sp³-hybridized carbons (Fsp3) is 0.500. The number of nitrogens with zero attached hydrogens (tertiary/aromatic N) is 7. The molecule has 0 unspecified atom stereocenters. The first-order valence-electron chi connectivity index (χ1n) is 6.07. The van der Waals surface area contributed by atoms with Crippen molar-refractivity contribution in [1.82, 2.24) is 29.8 Å². The maximum absolute atomic E-state index is 4.34. The molecule has 2 heterocycles. The van der Waals surface area contributed by atoms with Crippen molar-refractivity contribution in [2.24, 2.45) is 0 Å². The number of aromatic nitrogens is 6. The van der Waals surface area contributed by atoms with Gasteiger partial charge in [0, 0.05) is 20.1 Å². The van der Waals surface area contributed by atoms with Gasteiger partial charge in [0.2, 0.25) is 11.9 Å². The molecule has 2 aromatic heterocycles. The van der Waals surface area contributed by atoms with Crippen LogP contribution in [0.15, 0.2) is 12.7 Å². The zero-order valence-corrected chi connectivity index (χ0v) is 11.2. The van der Waals surface area contributed by atoms with Crippen LogP contribution in [0.25, 0.3) is 0 Å². The molecule has 0 atom stereocenters. The molecule has 0 radical (unpaired) electrons. The summed E-state index contributed by atoms with van der Waals surface area (Å²) < 4.78 is 1.68. The van der Waals surface area contributed by atoms with Crippen LogP contribution in [0.2, 0.25) is 0 Å². The monoisotopic (exact) mass is 263 g/mol. The van der Waals surface area contributed by atoms with Gasteiger partial charge in [0.15, 0.2) is 0 Å². The molecule has 102 valence electrons. The first-order chi connectivity index (χ1) is 9.24. The third-order valence-electron chi connectivity index (χ3n) is 2.34. The van der Waals surface area contributed by atoms with Crippen LogP contribution in [-0.4, -0.2) is 50.0 Å². The van der Waals surface area contributed by atoms with Crippen LogP contribution in [0, 0.1) is 0 Å². The van der Waals surface area contributed by atoms with E-state index in [1.54, 1.807) is 22.3 Å². The highest BCUT2D eigenvalue weighted by atomic mass is 15.6. The number of nitrogens with one attached hydrogen (secondary N) is 2. The topological polar surface area (TPSA) is 96.7 Å². The highest BCUT2D eigenvalue weighted by Crippen LogP contribution is 2.12. The Morgan fingerprint density at radius 1 is 1.00 bits per heavy atom. The van der Waals surface area contributed by atoms with Gasteiger partial charge >= 0.3 is 0 Å². The lowest BCUT2D eigenvalue weighted by Crippen LogP contribution is -2.26. The minimum atomic E-state index is 0.502. The zero-order valence-electron chi connectivity index (χ0n) is 11.2. The SMILES string of the molecule is CCNc1nc(NCC)nc(N(C)n2cnnc2)n1. The van der Waals surface area contributed by atoms with Crippen LogP contribution < -0.4 is 15.6 Å². The van der Waals surface area contributed by atoms with E-state index < -0.39 is 0 Å². The van der Waals surface area contributed by atoms with E-state index in [0.29, 0.717) is 17.8 Å². The Morgan fingerprint density at radius 3 is 2.00 bits per heavy atom. The molecule has 2 rings (SSSR count). The van der Waals surface area contributed by atoms with E-state index in [1.807, 2.05) is 20.9 Å². The molecule has 9 heteroatoms. The summed E-state index contributed by atoms with van der Waals surface area (Å²) in [6.45, 7) is 5.45. The molecule has 0 bridgehead atoms. The molecule has 0 aromatic carbocycles. The van der Waals surface area contributed by atoms with Crippen LogP contribution in [0.3, 0.4) is 0 Å². The minimum absolute atomic E-state index is 0.502. The van der Waals surface area contributed by atoms with Crippen molar-refractivity contribution in [3.05, 3.63) is 12.7 Å². The van der Waals surface area contributed by atoms with Crippen molar-refractivity contribution in [3.63, 3.8) is 0 Å². The molecule has 0 aliphatic carbocycles. The summed E-state index contributed by atoms with van der Waals surface area (Å²) >= 11 is 0. The average Bonchev–Trinajstić information content (AvgIpc) is 2.92. The third kappa shape index (κ3) is 3.06. The van der Waals surface area contributed by atoms with Gasteiger partial charge in [-0.3, -0.25) is 0 Å². The maximum Gasteiger partial charge on any atom is 0.251 e. The first kappa shape index (κ1) is 13.0. The van der Waals surface area contributed by atoms with Gasteiger partial charge in [-0.15, -0.1) is 10.2 Å². The number of hydrogen-bond acceptors (Lipinski definition) is 8. The quantitative estimate of drug-likeness (QED) is 0.764. The fourth-order valence-electron chi connectivity index (χ4n) is 1.44. The smallest absolute Gasteiger partial charge is 0.251 e. The molecular weight excluding hydrogens is 246 g/mol. The second-order valence-electron chi connectivity index (χ2n) is 3.71. The molecule has 0 spiro atoms. The van der Waals surface area contributed by atoms with Crippen molar-refractivity contribution >= 4 is 17.8 Å². The Labute approximate surface area is 111 Å². The van der Waals surface area contributed by atoms with Crippen molar-refractivity contribution in [3.8, 4) is 0 Å². The van der Waals surface area contributed by atoms with E-state index in [-0.39, 0.29) is 0 Å². The molecule has 19 heavy (non-hydrogen) atoms. The summed E-state index contributed by atoms with van der Waals surface area (Å²) in [5.41, 5.74) is 0. The Morgan fingerprint density at radius 2 is 1.53 bits per heavy atom. The van der Waals surface area contributed by atoms with Crippen LogP contribution in [0.5, 0.6) is 0 Å². The Kier molecular flexibility index (Phi) is 4.06. The summed E-state index contributed by atoms with van der Waals surface area (Å²) in [7, 11) is 1.82. The summed E-state index contributed by atoms with van der Waals surface area (Å²) in [6.07, 6.45) is 3.15. The van der Waals surface area contributed by atoms with Crippen molar-refractivity contribution in [1.29, 1.82) is 0 Å². The van der Waals surface area contributed by atoms with Gasteiger partial charge in [0.1, 0.15) is 12.7 Å². The standard InChI is InChI=1S/C10H17N9/c1-4-11-8-15-9(12-5-2)17-10(16-8)18(3)19-6-13-14-7-19/h6-7H,4-5H2,1-3H3,(H2,11,12,15,16,17). The van der Waals surface area contributed by atoms with E-state index in [0.717, 1.165) is 13.1 Å². The van der Waals surface area contributed by atoms with E-state index >= 15 is 0 Å². The van der Waals surface area contributed by atoms with Gasteiger partial charge < -0.3 is 10.6 Å². The van der Waals surface area contributed by atoms with Crippen molar-refractivity contribution in [2.45, 2.75) is 13.8 Å². The molecule has 0 saturated heterocycles. The van der Waals surface area contributed by atoms with E-state index in [4.69, 9.17) is 0 Å². The highest BCUT2D eigenvalue weighted by Gasteiger charge is 2.11. The average molecular weight is 263 g/mol. The van der Waals surface area contributed by atoms with Crippen LogP contribution in [0.1, 0.15) is 13.8 Å². The molecule has 2 aromatic rings. The number of anilines is 3. The largest absolute Gasteiger partial charge is 0.354 e. The molecular formula is C10H17N9. The molecule has 0 amide bonds. The van der Waals surface area contributed by atoms with Gasteiger partial charge in [-0.05, 0) is 13.8 Å². The first-order valence-corrected chi connectivity index (χ1v) is 6.07. The van der Waals surface area contributed by atoms with Crippen LogP contribution in [0.4, 0.5) is 17.8 Å². The summed E-state index contributed by atoms with van der Waals surface area (Å²) in [5, 5.41) is 15.4. The molecule has 0 saturated carbocycles. The second-order valence-corrected chi connectivity index (χ2v) is 3.71. The van der Waals surface area contributed by atoms with Gasteiger partial charge in [-0.2, -0.15) is 15.0 Å². The Balaban J connectivity index is 2.32. The lowest BCUT2D eigenvalue weighted by Gasteiger charge is -2.18. The van der Waals surface area contributed by atoms with Gasteiger partial charge in [0.05, 0.1) is 0 Å². The normalized spacial score (nSPS) is 10.3. The number of rotatable bonds is 6. The molecule has 0 aliphatic rings. The fourth-order valence-corrected chi connectivity index (χ4v) is 1.44. The predicted octanol–water partition coefficient (Wildman–Crippen LogP) is 0.226. The Bertz CT molecular complexity index is 485. The highest BCUT2D eigenvalue weighted by molar-refractivity contribution is 5.42. The Hall–Kier alpha value is -2.45. The lowest BCUT2D eigenvalue weighted by molar-refractivity contribution is 0.735. The third-order valence-corrected chi connectivity index (χ3v) is 2.34. The summed E-state index contributed by atoms with van der Waals surface area (Å²) in [4.78, 5) is 12.9. The molecule has 0 aliphatic heterocycles. The van der Waals surface area contributed by atoms with Crippen molar-refractivity contribution < 1.29 is 0 Å². The predicted molar refractivity (Wildman–Crippen MR) is 72.0 cm³/mol. The van der Waals surface area contributed by atoms with Crippen molar-refractivity contribution in [2.75, 3.05) is 35.8 Å². The molecule has 2 N–H and O–H groups in total. The maximum atomic E-state index is 4.34. The second kappa shape index (κ2) is 5.94. The summed E-state index contributed by atoms with van der Waals surface area (Å²) in [6, 6.07) is 0. The van der Waals surface area contributed by atoms with Crippen LogP contribution >= 0.6 is 0 Å². The van der Waals surface area contributed by atoms with E-state index in [9.17, 15) is 0 Å². The van der Waals surface area contributed by atoms with Gasteiger partial charge in [-0.25, -0.2) is 9.69 Å². The summed E-state index contributed by atoms with van der Waals surface area (Å²) in [5.74, 6) is 1.56. The number of hydrogen-bond donors (Lipinski definition) is 2. The zero-order chi connectivity index (χ0) is 13.7. The van der Waals surface area contributed by atoms with Crippen LogP contribution in [-0.2, 0) is 0 Å². The lowest BCUT2D eigenvalue weighted by atomic mass is 10.7. The van der Waals surface area contributed by atoms with Gasteiger partial charge in [0.25, 0.3) is 5.95 Å². The van der Waals surface area contributed by atoms with Gasteiger partial charge in [-0.1, -0.05) is 0 Å². The molecule has 9 nitrogen and oxygen atoms in total. The molecule has 0 fully saturated rings. The minimum Gasteiger partial charge on any atom is -0.354 e. The van der Waals surface area contributed by atoms with E-state index in [2.05, 4.69) is 35.8 Å².